The second-order valence-electron chi connectivity index (χ2n) is 8.74. The van der Waals surface area contributed by atoms with Crippen molar-refractivity contribution >= 4 is 39.7 Å². The monoisotopic (exact) mass is 509 g/mol. The first kappa shape index (κ1) is 24.9. The van der Waals surface area contributed by atoms with Gasteiger partial charge in [-0.3, -0.25) is 9.59 Å². The second kappa shape index (κ2) is 11.1. The predicted octanol–water partition coefficient (Wildman–Crippen LogP) is 5.79. The quantitative estimate of drug-likeness (QED) is 0.206. The van der Waals surface area contributed by atoms with Crippen molar-refractivity contribution in [2.45, 2.75) is 0 Å². The largest absolute Gasteiger partial charge is 0.289 e. The summed E-state index contributed by atoms with van der Waals surface area (Å²) in [6.45, 7) is -2.82. The number of benzene rings is 5. The number of rotatable bonds is 7. The van der Waals surface area contributed by atoms with Gasteiger partial charge in [0.15, 0.2) is 5.78 Å². The third-order valence-corrected chi connectivity index (χ3v) is 10.7. The minimum atomic E-state index is -2.82. The molecule has 0 N–H and O–H groups in total. The Labute approximate surface area is 222 Å². The van der Waals surface area contributed by atoms with Gasteiger partial charge in [0.05, 0.1) is 0 Å². The molecule has 0 radical (unpaired) electrons. The summed E-state index contributed by atoms with van der Waals surface area (Å²) >= 11 is 0. The lowest BCUT2D eigenvalue weighted by atomic mass is 10.0. The third kappa shape index (κ3) is 4.55. The van der Waals surface area contributed by atoms with Gasteiger partial charge in [0, 0.05) is 16.7 Å². The highest BCUT2D eigenvalue weighted by molar-refractivity contribution is 7.97. The molecule has 0 spiro atoms. The van der Waals surface area contributed by atoms with Crippen LogP contribution in [-0.4, -0.2) is 16.9 Å². The first-order valence-corrected chi connectivity index (χ1v) is 14.0. The third-order valence-electron chi connectivity index (χ3n) is 6.53. The zero-order chi connectivity index (χ0) is 26.4. The molecule has 38 heavy (non-hydrogen) atoms. The van der Waals surface area contributed by atoms with E-state index in [1.54, 1.807) is 36.4 Å². The second-order valence-corrected chi connectivity index (χ2v) is 12.1. The van der Waals surface area contributed by atoms with Crippen molar-refractivity contribution in [3.8, 4) is 6.07 Å². The van der Waals surface area contributed by atoms with Crippen molar-refractivity contribution < 1.29 is 9.59 Å². The molecule has 0 atom stereocenters. The molecule has 4 heteroatoms. The summed E-state index contributed by atoms with van der Waals surface area (Å²) in [5.74, 6) is -0.454. The molecule has 5 aromatic rings. The summed E-state index contributed by atoms with van der Waals surface area (Å²) in [4.78, 5) is 27.1. The number of Topliss-reactive ketones (excluding diaryl/α,β-unsaturated/α-hetero) is 1. The molecule has 0 aliphatic rings. The van der Waals surface area contributed by atoms with E-state index >= 15 is 0 Å². The lowest BCUT2D eigenvalue weighted by molar-refractivity contribution is 0.103. The van der Waals surface area contributed by atoms with Crippen LogP contribution in [0.2, 0.25) is 0 Å². The molecule has 182 valence electrons. The van der Waals surface area contributed by atoms with E-state index in [4.69, 9.17) is 0 Å². The number of hydrogen-bond donors (Lipinski definition) is 0. The molecule has 0 unspecified atom stereocenters. The van der Waals surface area contributed by atoms with Crippen molar-refractivity contribution in [2.75, 3.05) is 0 Å². The first-order valence-electron chi connectivity index (χ1n) is 12.2. The summed E-state index contributed by atoms with van der Waals surface area (Å²) in [6.07, 6.45) is 0. The average molecular weight is 510 g/mol. The SMILES string of the molecule is N#CC(C(=O)c1ccc(C(=O)c2ccccc2)cc1)=P(c1ccccc1)(c1ccccc1)c1ccccc1. The van der Waals surface area contributed by atoms with Crippen LogP contribution in [0.4, 0.5) is 0 Å². The molecule has 5 aromatic carbocycles. The van der Waals surface area contributed by atoms with Gasteiger partial charge in [-0.05, 0) is 22.8 Å². The molecule has 5 rings (SSSR count). The number of nitriles is 1. The summed E-state index contributed by atoms with van der Waals surface area (Å²) in [5.41, 5.74) is 1.44. The summed E-state index contributed by atoms with van der Waals surface area (Å²) < 4.78 is 0. The van der Waals surface area contributed by atoms with E-state index < -0.39 is 6.89 Å². The van der Waals surface area contributed by atoms with Gasteiger partial charge >= 0.3 is 0 Å². The topological polar surface area (TPSA) is 57.9 Å². The number of carbonyl (C=O) groups excluding carboxylic acids is 2. The maximum atomic E-state index is 14.2. The van der Waals surface area contributed by atoms with E-state index in [1.165, 1.54) is 0 Å². The highest BCUT2D eigenvalue weighted by atomic mass is 31.2. The number of carbonyl (C=O) groups is 2. The van der Waals surface area contributed by atoms with Gasteiger partial charge in [-0.15, -0.1) is 0 Å². The van der Waals surface area contributed by atoms with E-state index in [1.807, 2.05) is 109 Å². The number of nitrogens with zero attached hydrogens (tertiary/aromatic N) is 1. The molecule has 0 amide bonds. The Morgan fingerprint density at radius 1 is 0.474 bits per heavy atom. The van der Waals surface area contributed by atoms with E-state index in [-0.39, 0.29) is 16.9 Å². The molecule has 0 heterocycles. The molecule has 0 saturated carbocycles. The van der Waals surface area contributed by atoms with Crippen LogP contribution in [0.1, 0.15) is 26.3 Å². The Morgan fingerprint density at radius 2 is 0.816 bits per heavy atom. The lowest BCUT2D eigenvalue weighted by Gasteiger charge is -2.30. The van der Waals surface area contributed by atoms with Gasteiger partial charge < -0.3 is 0 Å². The minimum absolute atomic E-state index is 0.117. The summed E-state index contributed by atoms with van der Waals surface area (Å²) in [5, 5.41) is 13.6. The summed E-state index contributed by atoms with van der Waals surface area (Å²) in [7, 11) is 0. The van der Waals surface area contributed by atoms with Crippen molar-refractivity contribution in [1.82, 2.24) is 0 Å². The van der Waals surface area contributed by atoms with E-state index in [9.17, 15) is 14.9 Å². The van der Waals surface area contributed by atoms with Crippen LogP contribution in [0.25, 0.3) is 0 Å². The normalized spacial score (nSPS) is 10.8. The molecule has 0 saturated heterocycles. The van der Waals surface area contributed by atoms with Gasteiger partial charge in [-0.25, -0.2) is 0 Å². The van der Waals surface area contributed by atoms with Gasteiger partial charge in [-0.1, -0.05) is 146 Å². The molecular weight excluding hydrogens is 485 g/mol. The predicted molar refractivity (Wildman–Crippen MR) is 156 cm³/mol. The first-order chi connectivity index (χ1) is 18.7. The van der Waals surface area contributed by atoms with E-state index in [0.29, 0.717) is 16.7 Å². The standard InChI is InChI=1S/C34H24NO2P/c35-25-32(34(37)28-23-21-27(22-24-28)33(36)26-13-5-1-6-14-26)38(29-15-7-2-8-16-29,30-17-9-3-10-18-30)31-19-11-4-12-20-31/h1-24H. The number of ketones is 2. The van der Waals surface area contributed by atoms with Gasteiger partial charge in [-0.2, -0.15) is 5.26 Å². The zero-order valence-corrected chi connectivity index (χ0v) is 21.5. The van der Waals surface area contributed by atoms with Crippen LogP contribution in [0.3, 0.4) is 0 Å². The van der Waals surface area contributed by atoms with Crippen molar-refractivity contribution in [3.63, 3.8) is 0 Å². The molecule has 0 aromatic heterocycles. The highest BCUT2D eigenvalue weighted by Gasteiger charge is 2.33. The van der Waals surface area contributed by atoms with Crippen LogP contribution in [0.15, 0.2) is 146 Å². The van der Waals surface area contributed by atoms with Crippen molar-refractivity contribution in [3.05, 3.63) is 162 Å². The minimum Gasteiger partial charge on any atom is -0.289 e. The van der Waals surface area contributed by atoms with Crippen LogP contribution >= 0.6 is 6.89 Å². The zero-order valence-electron chi connectivity index (χ0n) is 20.6. The van der Waals surface area contributed by atoms with Gasteiger partial charge in [0.1, 0.15) is 11.4 Å². The molecule has 0 fully saturated rings. The van der Waals surface area contributed by atoms with Crippen LogP contribution in [-0.2, 0) is 0 Å². The fourth-order valence-electron chi connectivity index (χ4n) is 4.73. The molecular formula is C34H24NO2P. The maximum Gasteiger partial charge on any atom is 0.204 e. The Bertz CT molecular complexity index is 1570. The van der Waals surface area contributed by atoms with Crippen LogP contribution in [0, 0.1) is 11.3 Å². The van der Waals surface area contributed by atoms with Crippen molar-refractivity contribution in [1.29, 1.82) is 5.26 Å². The molecule has 0 aliphatic heterocycles. The maximum absolute atomic E-state index is 14.2. The van der Waals surface area contributed by atoms with Gasteiger partial charge in [0.25, 0.3) is 0 Å². The molecule has 3 nitrogen and oxygen atoms in total. The Balaban J connectivity index is 1.74. The van der Waals surface area contributed by atoms with E-state index in [0.717, 1.165) is 15.9 Å². The Morgan fingerprint density at radius 3 is 1.21 bits per heavy atom. The Hall–Kier alpha value is -4.77. The smallest absolute Gasteiger partial charge is 0.204 e. The molecule has 0 bridgehead atoms. The van der Waals surface area contributed by atoms with Gasteiger partial charge in [0.2, 0.25) is 5.78 Å². The summed E-state index contributed by atoms with van der Waals surface area (Å²) in [6, 6.07) is 47.5. The highest BCUT2D eigenvalue weighted by Crippen LogP contribution is 2.46. The molecule has 0 aliphatic carbocycles. The lowest BCUT2D eigenvalue weighted by Crippen LogP contribution is -2.33. The van der Waals surface area contributed by atoms with Crippen LogP contribution < -0.4 is 15.9 Å². The Kier molecular flexibility index (Phi) is 7.27. The number of hydrogen-bond acceptors (Lipinski definition) is 3. The van der Waals surface area contributed by atoms with Crippen LogP contribution in [0.5, 0.6) is 0 Å². The van der Waals surface area contributed by atoms with Crippen molar-refractivity contribution in [2.24, 2.45) is 0 Å². The fraction of sp³-hybridized carbons (Fsp3) is 0. The average Bonchev–Trinajstić information content (AvgIpc) is 3.01. The fourth-order valence-corrected chi connectivity index (χ4v) is 8.84. The van der Waals surface area contributed by atoms with E-state index in [2.05, 4.69) is 6.07 Å².